The average molecular weight is 263 g/mol. The van der Waals surface area contributed by atoms with E-state index < -0.39 is 0 Å². The molecule has 1 aliphatic rings. The van der Waals surface area contributed by atoms with Crippen LogP contribution in [0, 0.1) is 11.3 Å². The van der Waals surface area contributed by atoms with Gasteiger partial charge in [0.15, 0.2) is 0 Å². The van der Waals surface area contributed by atoms with Gasteiger partial charge in [0.25, 0.3) is 0 Å². The number of hydrogen-bond acceptors (Lipinski definition) is 3. The third kappa shape index (κ3) is 2.44. The lowest BCUT2D eigenvalue weighted by Gasteiger charge is -2.14. The molecule has 0 saturated carbocycles. The molecule has 2 atom stereocenters. The fraction of sp³-hybridized carbons (Fsp3) is 0.235. The van der Waals surface area contributed by atoms with E-state index in [9.17, 15) is 0 Å². The Morgan fingerprint density at radius 3 is 2.50 bits per heavy atom. The van der Waals surface area contributed by atoms with Crippen LogP contribution in [0.3, 0.4) is 0 Å². The van der Waals surface area contributed by atoms with E-state index >= 15 is 0 Å². The van der Waals surface area contributed by atoms with Crippen LogP contribution in [0.15, 0.2) is 48.5 Å². The van der Waals surface area contributed by atoms with E-state index in [1.165, 1.54) is 16.7 Å². The second-order valence-corrected chi connectivity index (χ2v) is 5.21. The summed E-state index contributed by atoms with van der Waals surface area (Å²) in [5.74, 6) is 0. The second-order valence-electron chi connectivity index (χ2n) is 5.21. The van der Waals surface area contributed by atoms with Crippen LogP contribution < -0.4 is 11.1 Å². The van der Waals surface area contributed by atoms with Crippen LogP contribution in [-0.4, -0.2) is 0 Å². The fourth-order valence-corrected chi connectivity index (χ4v) is 2.81. The van der Waals surface area contributed by atoms with Gasteiger partial charge < -0.3 is 11.1 Å². The SMILES string of the molecule is N#Cc1ccc(CNC2CC(N)c3ccccc32)cc1. The number of rotatable bonds is 3. The van der Waals surface area contributed by atoms with Crippen molar-refractivity contribution in [2.75, 3.05) is 0 Å². The molecule has 2 aromatic rings. The Morgan fingerprint density at radius 2 is 1.80 bits per heavy atom. The molecule has 1 aliphatic carbocycles. The molecule has 0 radical (unpaired) electrons. The zero-order valence-corrected chi connectivity index (χ0v) is 11.2. The molecular weight excluding hydrogens is 246 g/mol. The van der Waals surface area contributed by atoms with Gasteiger partial charge in [-0.3, -0.25) is 0 Å². The normalized spacial score (nSPS) is 20.4. The molecule has 0 aliphatic heterocycles. The quantitative estimate of drug-likeness (QED) is 0.895. The van der Waals surface area contributed by atoms with Gasteiger partial charge in [0, 0.05) is 18.6 Å². The maximum atomic E-state index is 8.79. The molecule has 2 aromatic carbocycles. The zero-order chi connectivity index (χ0) is 13.9. The van der Waals surface area contributed by atoms with Crippen molar-refractivity contribution < 1.29 is 0 Å². The van der Waals surface area contributed by atoms with Gasteiger partial charge >= 0.3 is 0 Å². The molecular formula is C17H17N3. The molecule has 3 heteroatoms. The van der Waals surface area contributed by atoms with Gasteiger partial charge in [0.1, 0.15) is 0 Å². The molecule has 0 bridgehead atoms. The summed E-state index contributed by atoms with van der Waals surface area (Å²) in [5, 5.41) is 12.3. The first kappa shape index (κ1) is 12.9. The van der Waals surface area contributed by atoms with Gasteiger partial charge in [0.05, 0.1) is 11.6 Å². The smallest absolute Gasteiger partial charge is 0.0991 e. The predicted octanol–water partition coefficient (Wildman–Crippen LogP) is 2.79. The first-order valence-corrected chi connectivity index (χ1v) is 6.85. The Kier molecular flexibility index (Phi) is 3.51. The summed E-state index contributed by atoms with van der Waals surface area (Å²) in [4.78, 5) is 0. The Labute approximate surface area is 119 Å². The maximum absolute atomic E-state index is 8.79. The zero-order valence-electron chi connectivity index (χ0n) is 11.2. The minimum atomic E-state index is 0.129. The lowest BCUT2D eigenvalue weighted by molar-refractivity contribution is 0.498. The largest absolute Gasteiger partial charge is 0.324 e. The highest BCUT2D eigenvalue weighted by Crippen LogP contribution is 2.36. The van der Waals surface area contributed by atoms with Crippen molar-refractivity contribution in [3.8, 4) is 6.07 Å². The Bertz CT molecular complexity index is 640. The van der Waals surface area contributed by atoms with Crippen LogP contribution in [0.25, 0.3) is 0 Å². The van der Waals surface area contributed by atoms with Gasteiger partial charge in [-0.2, -0.15) is 5.26 Å². The highest BCUT2D eigenvalue weighted by molar-refractivity contribution is 5.37. The predicted molar refractivity (Wildman–Crippen MR) is 78.7 cm³/mol. The molecule has 0 fully saturated rings. The van der Waals surface area contributed by atoms with Crippen molar-refractivity contribution in [2.45, 2.75) is 25.0 Å². The Morgan fingerprint density at radius 1 is 1.10 bits per heavy atom. The summed E-state index contributed by atoms with van der Waals surface area (Å²) in [7, 11) is 0. The molecule has 100 valence electrons. The number of nitrogens with two attached hydrogens (primary N) is 1. The molecule has 0 saturated heterocycles. The Balaban J connectivity index is 1.69. The van der Waals surface area contributed by atoms with Crippen molar-refractivity contribution in [3.63, 3.8) is 0 Å². The van der Waals surface area contributed by atoms with Crippen LogP contribution >= 0.6 is 0 Å². The summed E-state index contributed by atoms with van der Waals surface area (Å²) in [5.41, 5.74) is 10.6. The molecule has 3 rings (SSSR count). The maximum Gasteiger partial charge on any atom is 0.0991 e. The van der Waals surface area contributed by atoms with E-state index in [1.54, 1.807) is 0 Å². The van der Waals surface area contributed by atoms with E-state index in [2.05, 4.69) is 29.6 Å². The van der Waals surface area contributed by atoms with Crippen molar-refractivity contribution >= 4 is 0 Å². The first-order valence-electron chi connectivity index (χ1n) is 6.85. The molecule has 3 nitrogen and oxygen atoms in total. The number of hydrogen-bond donors (Lipinski definition) is 2. The highest BCUT2D eigenvalue weighted by Gasteiger charge is 2.27. The van der Waals surface area contributed by atoms with E-state index in [-0.39, 0.29) is 6.04 Å². The van der Waals surface area contributed by atoms with Gasteiger partial charge in [-0.25, -0.2) is 0 Å². The van der Waals surface area contributed by atoms with Gasteiger partial charge in [-0.1, -0.05) is 36.4 Å². The van der Waals surface area contributed by atoms with E-state index in [4.69, 9.17) is 11.0 Å². The third-order valence-electron chi connectivity index (χ3n) is 3.90. The van der Waals surface area contributed by atoms with Crippen molar-refractivity contribution in [1.29, 1.82) is 5.26 Å². The fourth-order valence-electron chi connectivity index (χ4n) is 2.81. The summed E-state index contributed by atoms with van der Waals surface area (Å²) in [6, 6.07) is 18.6. The standard InChI is InChI=1S/C17H17N3/c18-10-12-5-7-13(8-6-12)11-20-17-9-16(19)14-3-1-2-4-15(14)17/h1-8,16-17,20H,9,11,19H2. The first-order chi connectivity index (χ1) is 9.78. The Hall–Kier alpha value is -2.15. The number of benzene rings is 2. The van der Waals surface area contributed by atoms with Crippen LogP contribution in [0.1, 0.15) is 40.8 Å². The summed E-state index contributed by atoms with van der Waals surface area (Å²) in [6.45, 7) is 0.789. The molecule has 0 amide bonds. The van der Waals surface area contributed by atoms with E-state index in [1.807, 2.05) is 30.3 Å². The number of fused-ring (bicyclic) bond motifs is 1. The van der Waals surface area contributed by atoms with Crippen molar-refractivity contribution in [3.05, 3.63) is 70.8 Å². The number of nitrogens with one attached hydrogen (secondary N) is 1. The monoisotopic (exact) mass is 263 g/mol. The van der Waals surface area contributed by atoms with Crippen molar-refractivity contribution in [2.24, 2.45) is 5.73 Å². The van der Waals surface area contributed by atoms with E-state index in [0.717, 1.165) is 13.0 Å². The highest BCUT2D eigenvalue weighted by atomic mass is 14.9. The van der Waals surface area contributed by atoms with Crippen molar-refractivity contribution in [1.82, 2.24) is 5.32 Å². The topological polar surface area (TPSA) is 61.8 Å². The van der Waals surface area contributed by atoms with E-state index in [0.29, 0.717) is 11.6 Å². The molecule has 20 heavy (non-hydrogen) atoms. The minimum absolute atomic E-state index is 0.129. The number of nitrogens with zero attached hydrogens (tertiary/aromatic N) is 1. The molecule has 2 unspecified atom stereocenters. The second kappa shape index (κ2) is 5.46. The van der Waals surface area contributed by atoms with Gasteiger partial charge in [-0.15, -0.1) is 0 Å². The third-order valence-corrected chi connectivity index (χ3v) is 3.90. The molecule has 3 N–H and O–H groups in total. The molecule has 0 spiro atoms. The molecule has 0 heterocycles. The summed E-state index contributed by atoms with van der Waals surface area (Å²) >= 11 is 0. The van der Waals surface area contributed by atoms with Gasteiger partial charge in [0.2, 0.25) is 0 Å². The van der Waals surface area contributed by atoms with Crippen LogP contribution in [0.4, 0.5) is 0 Å². The van der Waals surface area contributed by atoms with Crippen LogP contribution in [0.2, 0.25) is 0 Å². The minimum Gasteiger partial charge on any atom is -0.324 e. The van der Waals surface area contributed by atoms with Gasteiger partial charge in [-0.05, 0) is 35.2 Å². The summed E-state index contributed by atoms with van der Waals surface area (Å²) in [6.07, 6.45) is 0.940. The van der Waals surface area contributed by atoms with Crippen LogP contribution in [-0.2, 0) is 6.54 Å². The van der Waals surface area contributed by atoms with Crippen LogP contribution in [0.5, 0.6) is 0 Å². The summed E-state index contributed by atoms with van der Waals surface area (Å²) < 4.78 is 0. The lowest BCUT2D eigenvalue weighted by Crippen LogP contribution is -2.19. The average Bonchev–Trinajstić information content (AvgIpc) is 2.83. The lowest BCUT2D eigenvalue weighted by atomic mass is 10.1. The number of nitriles is 1. The molecule has 0 aromatic heterocycles.